The van der Waals surface area contributed by atoms with Crippen LogP contribution in [0.5, 0.6) is 5.75 Å². The van der Waals surface area contributed by atoms with Gasteiger partial charge in [-0.3, -0.25) is 24.5 Å². The minimum Gasteiger partial charge on any atom is -0.493 e. The number of nitrogens with zero attached hydrogens (tertiary/aromatic N) is 1. The Morgan fingerprint density at radius 2 is 1.87 bits per heavy atom. The number of hydrogen-bond acceptors (Lipinski definition) is 7. The van der Waals surface area contributed by atoms with Crippen LogP contribution in [0.25, 0.3) is 0 Å². The number of amides is 2. The van der Waals surface area contributed by atoms with Crippen LogP contribution in [0.1, 0.15) is 22.8 Å². The van der Waals surface area contributed by atoms with E-state index in [4.69, 9.17) is 9.47 Å². The molecule has 0 atom stereocenters. The van der Waals surface area contributed by atoms with Crippen molar-refractivity contribution >= 4 is 29.2 Å². The first-order chi connectivity index (χ1) is 14.3. The second kappa shape index (κ2) is 10.6. The van der Waals surface area contributed by atoms with E-state index in [0.29, 0.717) is 17.9 Å². The predicted octanol–water partition coefficient (Wildman–Crippen LogP) is 2.21. The first-order valence-electron chi connectivity index (χ1n) is 9.02. The lowest BCUT2D eigenvalue weighted by Crippen LogP contribution is -2.32. The second-order valence-electron chi connectivity index (χ2n) is 6.08. The second-order valence-corrected chi connectivity index (χ2v) is 6.08. The van der Waals surface area contributed by atoms with E-state index in [0.717, 1.165) is 0 Å². The molecule has 10 heteroatoms. The fraction of sp³-hybridized carbons (Fsp3) is 0.250. The number of esters is 1. The number of hydrogen-bond donors (Lipinski definition) is 2. The largest absolute Gasteiger partial charge is 0.493 e. The van der Waals surface area contributed by atoms with E-state index >= 15 is 0 Å². The molecular formula is C20H21N3O7. The third-order valence-electron chi connectivity index (χ3n) is 3.88. The first-order valence-corrected chi connectivity index (χ1v) is 9.02. The normalized spacial score (nSPS) is 10.1. The molecule has 0 bridgehead atoms. The zero-order chi connectivity index (χ0) is 22.1. The molecule has 0 spiro atoms. The summed E-state index contributed by atoms with van der Waals surface area (Å²) in [5, 5.41) is 15.7. The minimum absolute atomic E-state index is 0.139. The molecule has 2 amide bonds. The highest BCUT2D eigenvalue weighted by atomic mass is 16.6. The fourth-order valence-corrected chi connectivity index (χ4v) is 2.46. The van der Waals surface area contributed by atoms with Gasteiger partial charge in [0.1, 0.15) is 12.3 Å². The quantitative estimate of drug-likeness (QED) is 0.364. The van der Waals surface area contributed by atoms with E-state index in [-0.39, 0.29) is 16.9 Å². The molecule has 158 valence electrons. The maximum Gasteiger partial charge on any atom is 0.325 e. The topological polar surface area (TPSA) is 137 Å². The van der Waals surface area contributed by atoms with Gasteiger partial charge in [-0.05, 0) is 32.0 Å². The van der Waals surface area contributed by atoms with Crippen LogP contribution in [0.2, 0.25) is 0 Å². The van der Waals surface area contributed by atoms with Gasteiger partial charge in [-0.1, -0.05) is 18.2 Å². The Kier molecular flexibility index (Phi) is 7.86. The van der Waals surface area contributed by atoms with Crippen LogP contribution >= 0.6 is 0 Å². The van der Waals surface area contributed by atoms with Gasteiger partial charge in [-0.15, -0.1) is 0 Å². The SMILES string of the molecule is CCOc1ccccc1C(=O)NCC(=O)OCC(=O)Nc1ccc(C)c([N+](=O)[O-])c1. The van der Waals surface area contributed by atoms with Crippen LogP contribution in [0.4, 0.5) is 11.4 Å². The van der Waals surface area contributed by atoms with E-state index < -0.39 is 35.9 Å². The molecule has 2 N–H and O–H groups in total. The average molecular weight is 415 g/mol. The molecule has 0 aliphatic carbocycles. The highest BCUT2D eigenvalue weighted by Gasteiger charge is 2.15. The molecule has 0 saturated carbocycles. The van der Waals surface area contributed by atoms with Crippen LogP contribution < -0.4 is 15.4 Å². The van der Waals surface area contributed by atoms with Gasteiger partial charge in [0.25, 0.3) is 17.5 Å². The summed E-state index contributed by atoms with van der Waals surface area (Å²) in [6.45, 7) is 2.69. The van der Waals surface area contributed by atoms with Gasteiger partial charge >= 0.3 is 5.97 Å². The Morgan fingerprint density at radius 3 is 2.57 bits per heavy atom. The number of benzene rings is 2. The molecule has 0 radical (unpaired) electrons. The number of anilines is 1. The Balaban J connectivity index is 1.82. The third-order valence-corrected chi connectivity index (χ3v) is 3.88. The minimum atomic E-state index is -0.817. The summed E-state index contributed by atoms with van der Waals surface area (Å²) in [6.07, 6.45) is 0. The summed E-state index contributed by atoms with van der Waals surface area (Å²) in [5.41, 5.74) is 0.783. The smallest absolute Gasteiger partial charge is 0.325 e. The lowest BCUT2D eigenvalue weighted by molar-refractivity contribution is -0.385. The summed E-state index contributed by atoms with van der Waals surface area (Å²) < 4.78 is 10.2. The summed E-state index contributed by atoms with van der Waals surface area (Å²) in [5.74, 6) is -1.62. The number of ether oxygens (including phenoxy) is 2. The molecule has 2 aromatic rings. The number of carbonyl (C=O) groups excluding carboxylic acids is 3. The maximum absolute atomic E-state index is 12.2. The van der Waals surface area contributed by atoms with Crippen molar-refractivity contribution in [1.82, 2.24) is 5.32 Å². The van der Waals surface area contributed by atoms with E-state index in [1.54, 1.807) is 38.1 Å². The molecule has 0 aromatic heterocycles. The molecule has 2 aromatic carbocycles. The molecule has 0 unspecified atom stereocenters. The van der Waals surface area contributed by atoms with E-state index in [1.165, 1.54) is 18.2 Å². The van der Waals surface area contributed by atoms with Gasteiger partial charge in [0.2, 0.25) is 0 Å². The highest BCUT2D eigenvalue weighted by molar-refractivity contribution is 5.98. The molecular weight excluding hydrogens is 394 g/mol. The molecule has 10 nitrogen and oxygen atoms in total. The maximum atomic E-state index is 12.2. The number of nitrogens with one attached hydrogen (secondary N) is 2. The Hall–Kier alpha value is -3.95. The van der Waals surface area contributed by atoms with Crippen LogP contribution in [-0.2, 0) is 14.3 Å². The van der Waals surface area contributed by atoms with E-state index in [2.05, 4.69) is 10.6 Å². The Labute approximate surface area is 172 Å². The summed E-state index contributed by atoms with van der Waals surface area (Å²) >= 11 is 0. The number of aryl methyl sites for hydroxylation is 1. The molecule has 2 rings (SSSR count). The van der Waals surface area contributed by atoms with Crippen LogP contribution in [0, 0.1) is 17.0 Å². The third kappa shape index (κ3) is 6.30. The molecule has 30 heavy (non-hydrogen) atoms. The molecule has 0 aliphatic rings. The molecule has 0 saturated heterocycles. The van der Waals surface area contributed by atoms with Gasteiger partial charge in [-0.25, -0.2) is 0 Å². The Morgan fingerprint density at radius 1 is 1.13 bits per heavy atom. The zero-order valence-electron chi connectivity index (χ0n) is 16.5. The monoisotopic (exact) mass is 415 g/mol. The Bertz CT molecular complexity index is 959. The van der Waals surface area contributed by atoms with Crippen molar-refractivity contribution in [2.24, 2.45) is 0 Å². The lowest BCUT2D eigenvalue weighted by atomic mass is 10.2. The van der Waals surface area contributed by atoms with Crippen molar-refractivity contribution in [1.29, 1.82) is 0 Å². The van der Waals surface area contributed by atoms with Crippen LogP contribution in [-0.4, -0.2) is 42.5 Å². The van der Waals surface area contributed by atoms with Gasteiger partial charge in [0.15, 0.2) is 6.61 Å². The number of nitro groups is 1. The zero-order valence-corrected chi connectivity index (χ0v) is 16.5. The van der Waals surface area contributed by atoms with Gasteiger partial charge in [0.05, 0.1) is 17.1 Å². The van der Waals surface area contributed by atoms with Crippen LogP contribution in [0.3, 0.4) is 0 Å². The van der Waals surface area contributed by atoms with E-state index in [9.17, 15) is 24.5 Å². The molecule has 0 fully saturated rings. The van der Waals surface area contributed by atoms with Crippen LogP contribution in [0.15, 0.2) is 42.5 Å². The summed E-state index contributed by atoms with van der Waals surface area (Å²) in [6, 6.07) is 10.8. The standard InChI is InChI=1S/C20H21N3O7/c1-3-29-17-7-5-4-6-15(17)20(26)21-11-19(25)30-12-18(24)22-14-9-8-13(2)16(10-14)23(27)28/h4-10H,3,11-12H2,1-2H3,(H,21,26)(H,22,24). The van der Waals surface area contributed by atoms with Crippen molar-refractivity contribution in [3.8, 4) is 5.75 Å². The average Bonchev–Trinajstić information content (AvgIpc) is 2.72. The predicted molar refractivity (Wildman–Crippen MR) is 107 cm³/mol. The van der Waals surface area contributed by atoms with Gasteiger partial charge in [0, 0.05) is 17.3 Å². The van der Waals surface area contributed by atoms with Crippen molar-refractivity contribution in [2.75, 3.05) is 25.1 Å². The van der Waals surface area contributed by atoms with Crippen molar-refractivity contribution in [3.63, 3.8) is 0 Å². The van der Waals surface area contributed by atoms with Gasteiger partial charge < -0.3 is 20.1 Å². The summed E-state index contributed by atoms with van der Waals surface area (Å²) in [7, 11) is 0. The highest BCUT2D eigenvalue weighted by Crippen LogP contribution is 2.22. The summed E-state index contributed by atoms with van der Waals surface area (Å²) in [4.78, 5) is 46.3. The lowest BCUT2D eigenvalue weighted by Gasteiger charge is -2.10. The van der Waals surface area contributed by atoms with Crippen molar-refractivity contribution in [2.45, 2.75) is 13.8 Å². The molecule has 0 aliphatic heterocycles. The fourth-order valence-electron chi connectivity index (χ4n) is 2.46. The van der Waals surface area contributed by atoms with E-state index in [1.807, 2.05) is 0 Å². The number of para-hydroxylation sites is 1. The number of rotatable bonds is 9. The first kappa shape index (κ1) is 22.3. The molecule has 0 heterocycles. The number of carbonyl (C=O) groups is 3. The van der Waals surface area contributed by atoms with Crippen molar-refractivity contribution in [3.05, 3.63) is 63.7 Å². The number of nitro benzene ring substituents is 1. The van der Waals surface area contributed by atoms with Crippen molar-refractivity contribution < 1.29 is 28.8 Å². The van der Waals surface area contributed by atoms with Gasteiger partial charge in [-0.2, -0.15) is 0 Å².